The van der Waals surface area contributed by atoms with Gasteiger partial charge in [-0.2, -0.15) is 0 Å². The van der Waals surface area contributed by atoms with Gasteiger partial charge in [0.2, 0.25) is 0 Å². The number of H-pyrrole nitrogens is 2. The van der Waals surface area contributed by atoms with Crippen LogP contribution < -0.4 is 0 Å². The Kier molecular flexibility index (Phi) is 4.20. The van der Waals surface area contributed by atoms with Gasteiger partial charge >= 0.3 is 0 Å². The average molecular weight is 340 g/mol. The summed E-state index contributed by atoms with van der Waals surface area (Å²) in [5, 5.41) is 26.3. The molecule has 0 radical (unpaired) electrons. The van der Waals surface area contributed by atoms with Crippen molar-refractivity contribution in [2.24, 2.45) is 0 Å². The largest absolute Gasteiger partial charge is 0.508 e. The molecule has 1 aromatic heterocycles. The molecule has 0 unspecified atom stereocenters. The van der Waals surface area contributed by atoms with Crippen LogP contribution in [0.1, 0.15) is 23.6 Å². The first-order valence-electron chi connectivity index (χ1n) is 7.85. The van der Waals surface area contributed by atoms with E-state index < -0.39 is 0 Å². The Balaban J connectivity index is 2.27. The van der Waals surface area contributed by atoms with E-state index in [0.29, 0.717) is 16.6 Å². The van der Waals surface area contributed by atoms with Crippen LogP contribution in [0.5, 0.6) is 11.5 Å². The topological polar surface area (TPSA) is 72.0 Å². The number of phenolic OH excluding ortho intramolecular Hbond substituents is 2. The Labute approximate surface area is 145 Å². The molecule has 0 atom stereocenters. The molecule has 0 saturated carbocycles. The summed E-state index contributed by atoms with van der Waals surface area (Å²) >= 11 is 5.46. The van der Waals surface area contributed by atoms with Gasteiger partial charge in [0.15, 0.2) is 0 Å². The predicted molar refractivity (Wildman–Crippen MR) is 99.0 cm³/mol. The summed E-state index contributed by atoms with van der Waals surface area (Å²) in [7, 11) is 0. The van der Waals surface area contributed by atoms with Gasteiger partial charge in [0, 0.05) is 17.2 Å². The second-order valence-corrected chi connectivity index (χ2v) is 6.41. The van der Waals surface area contributed by atoms with Crippen LogP contribution >= 0.6 is 12.2 Å². The van der Waals surface area contributed by atoms with E-state index in [1.807, 2.05) is 26.0 Å². The zero-order valence-electron chi connectivity index (χ0n) is 13.9. The minimum absolute atomic E-state index is 0.0148. The molecule has 3 rings (SSSR count). The van der Waals surface area contributed by atoms with Crippen LogP contribution in [-0.2, 0) is 6.42 Å². The fourth-order valence-corrected chi connectivity index (χ4v) is 3.28. The summed E-state index contributed by atoms with van der Waals surface area (Å²) in [6.45, 7) is 6.05. The van der Waals surface area contributed by atoms with Crippen molar-refractivity contribution < 1.29 is 10.2 Å². The summed E-state index contributed by atoms with van der Waals surface area (Å²) in [6, 6.07) is 9.37. The Hall–Kier alpha value is -2.53. The maximum Gasteiger partial charge on any atom is 0.128 e. The molecule has 3 aromatic rings. The van der Waals surface area contributed by atoms with E-state index in [1.165, 1.54) is 11.6 Å². The van der Waals surface area contributed by atoms with Gasteiger partial charge in [-0.15, -0.1) is 0 Å². The number of phenols is 2. The van der Waals surface area contributed by atoms with Gasteiger partial charge in [-0.3, -0.25) is 10.2 Å². The summed E-state index contributed by atoms with van der Waals surface area (Å²) in [4.78, 5) is 0. The molecule has 0 aliphatic carbocycles. The number of rotatable bonds is 3. The first kappa shape index (κ1) is 16.3. The summed E-state index contributed by atoms with van der Waals surface area (Å²) in [5.74, 6) is 0.113. The Morgan fingerprint density at radius 3 is 2.38 bits per heavy atom. The Bertz CT molecular complexity index is 970. The first-order chi connectivity index (χ1) is 11.4. The SMILES string of the molecule is CCc1cc(-c2[nH][nH]c(=S)c2-c2ccc(C)cc2C)c(O)cc1O. The zero-order valence-corrected chi connectivity index (χ0v) is 14.7. The lowest BCUT2D eigenvalue weighted by atomic mass is 9.95. The summed E-state index contributed by atoms with van der Waals surface area (Å²) < 4.78 is 0.586. The van der Waals surface area contributed by atoms with Gasteiger partial charge in [0.1, 0.15) is 16.1 Å². The lowest BCUT2D eigenvalue weighted by molar-refractivity contribution is 0.447. The summed E-state index contributed by atoms with van der Waals surface area (Å²) in [5.41, 5.74) is 6.28. The first-order valence-corrected chi connectivity index (χ1v) is 8.26. The standard InChI is InChI=1S/C19H20N2O2S/c1-4-12-8-14(16(23)9-15(12)22)18-17(19(24)21-20-18)13-6-5-10(2)7-11(13)3/h5-9,22-23H,4H2,1-3H3,(H2,20,21,24). The molecular formula is C19H20N2O2S. The van der Waals surface area contributed by atoms with E-state index in [1.54, 1.807) is 6.07 Å². The highest BCUT2D eigenvalue weighted by Gasteiger charge is 2.18. The van der Waals surface area contributed by atoms with E-state index in [-0.39, 0.29) is 11.5 Å². The quantitative estimate of drug-likeness (QED) is 0.507. The van der Waals surface area contributed by atoms with Gasteiger partial charge in [-0.1, -0.05) is 42.9 Å². The number of hydrogen-bond donors (Lipinski definition) is 4. The third-order valence-corrected chi connectivity index (χ3v) is 4.58. The van der Waals surface area contributed by atoms with E-state index in [9.17, 15) is 10.2 Å². The molecule has 124 valence electrons. The van der Waals surface area contributed by atoms with Crippen molar-refractivity contribution in [2.45, 2.75) is 27.2 Å². The highest BCUT2D eigenvalue weighted by Crippen LogP contribution is 2.40. The molecule has 4 nitrogen and oxygen atoms in total. The molecule has 5 heteroatoms. The minimum atomic E-state index is 0.0148. The third-order valence-electron chi connectivity index (χ3n) is 4.28. The number of hydrogen-bond acceptors (Lipinski definition) is 3. The molecule has 0 saturated heterocycles. The monoisotopic (exact) mass is 340 g/mol. The molecule has 0 aliphatic rings. The number of aryl methyl sites for hydroxylation is 3. The molecule has 0 bridgehead atoms. The highest BCUT2D eigenvalue weighted by molar-refractivity contribution is 7.71. The van der Waals surface area contributed by atoms with E-state index in [4.69, 9.17) is 12.2 Å². The van der Waals surface area contributed by atoms with Crippen LogP contribution in [0.4, 0.5) is 0 Å². The van der Waals surface area contributed by atoms with Gasteiger partial charge in [-0.05, 0) is 43.0 Å². The van der Waals surface area contributed by atoms with Crippen LogP contribution in [-0.4, -0.2) is 20.4 Å². The second-order valence-electron chi connectivity index (χ2n) is 6.00. The highest BCUT2D eigenvalue weighted by atomic mass is 32.1. The van der Waals surface area contributed by atoms with Gasteiger partial charge in [-0.25, -0.2) is 0 Å². The fraction of sp³-hybridized carbons (Fsp3) is 0.211. The van der Waals surface area contributed by atoms with Crippen molar-refractivity contribution in [3.8, 4) is 33.9 Å². The van der Waals surface area contributed by atoms with Crippen molar-refractivity contribution in [3.63, 3.8) is 0 Å². The number of aromatic nitrogens is 2. The number of aromatic hydroxyl groups is 2. The van der Waals surface area contributed by atoms with Crippen molar-refractivity contribution in [2.75, 3.05) is 0 Å². The average Bonchev–Trinajstić information content (AvgIpc) is 2.89. The van der Waals surface area contributed by atoms with Crippen molar-refractivity contribution in [1.29, 1.82) is 0 Å². The molecule has 0 spiro atoms. The minimum Gasteiger partial charge on any atom is -0.508 e. The van der Waals surface area contributed by atoms with E-state index in [0.717, 1.165) is 27.9 Å². The Morgan fingerprint density at radius 1 is 0.958 bits per heavy atom. The maximum atomic E-state index is 10.3. The fourth-order valence-electron chi connectivity index (χ4n) is 3.02. The van der Waals surface area contributed by atoms with E-state index in [2.05, 4.69) is 23.2 Å². The molecule has 2 aromatic carbocycles. The molecule has 0 aliphatic heterocycles. The second kappa shape index (κ2) is 6.17. The van der Waals surface area contributed by atoms with Gasteiger partial charge in [0.25, 0.3) is 0 Å². The van der Waals surface area contributed by atoms with Crippen molar-refractivity contribution >= 4 is 12.2 Å². The maximum absolute atomic E-state index is 10.3. The van der Waals surface area contributed by atoms with E-state index >= 15 is 0 Å². The van der Waals surface area contributed by atoms with Crippen LogP contribution in [0.25, 0.3) is 22.4 Å². The molecule has 24 heavy (non-hydrogen) atoms. The van der Waals surface area contributed by atoms with Crippen molar-refractivity contribution in [3.05, 3.63) is 51.7 Å². The van der Waals surface area contributed by atoms with Crippen LogP contribution in [0.15, 0.2) is 30.3 Å². The predicted octanol–water partition coefficient (Wildman–Crippen LogP) is 5.00. The van der Waals surface area contributed by atoms with Gasteiger partial charge < -0.3 is 10.2 Å². The number of benzene rings is 2. The molecule has 0 fully saturated rings. The smallest absolute Gasteiger partial charge is 0.128 e. The molecule has 4 N–H and O–H groups in total. The van der Waals surface area contributed by atoms with Crippen LogP contribution in [0, 0.1) is 18.5 Å². The summed E-state index contributed by atoms with van der Waals surface area (Å²) in [6.07, 6.45) is 0.670. The lowest BCUT2D eigenvalue weighted by Crippen LogP contribution is -1.90. The zero-order chi connectivity index (χ0) is 17.4. The molecular weight excluding hydrogens is 320 g/mol. The number of nitrogens with one attached hydrogen (secondary N) is 2. The normalized spacial score (nSPS) is 11.0. The number of aromatic amines is 2. The van der Waals surface area contributed by atoms with Crippen LogP contribution in [0.2, 0.25) is 0 Å². The van der Waals surface area contributed by atoms with Crippen LogP contribution in [0.3, 0.4) is 0 Å². The van der Waals surface area contributed by atoms with Gasteiger partial charge in [0.05, 0.1) is 5.69 Å². The molecule has 0 amide bonds. The Morgan fingerprint density at radius 2 is 1.71 bits per heavy atom. The molecule has 1 heterocycles. The lowest BCUT2D eigenvalue weighted by Gasteiger charge is -2.11. The van der Waals surface area contributed by atoms with Crippen molar-refractivity contribution in [1.82, 2.24) is 10.2 Å². The third kappa shape index (κ3) is 2.71.